The van der Waals surface area contributed by atoms with Crippen LogP contribution < -0.4 is 4.74 Å². The molecule has 5 nitrogen and oxygen atoms in total. The maximum atomic E-state index is 9.97. The lowest BCUT2D eigenvalue weighted by molar-refractivity contribution is -0.113. The summed E-state index contributed by atoms with van der Waals surface area (Å²) in [4.78, 5) is 0. The predicted octanol–water partition coefficient (Wildman–Crippen LogP) is 2.47. The third kappa shape index (κ3) is 4.37. The SMILES string of the molecule is OCC1CC(O)CC(c2ccc(Cl)c(OC3CCOCC3)c2)O1. The second-order valence-electron chi connectivity index (χ2n) is 6.17. The van der Waals surface area contributed by atoms with E-state index >= 15 is 0 Å². The molecule has 1 aromatic carbocycles. The van der Waals surface area contributed by atoms with E-state index in [1.165, 1.54) is 0 Å². The van der Waals surface area contributed by atoms with Gasteiger partial charge in [0.15, 0.2) is 0 Å². The molecule has 0 aromatic heterocycles. The lowest BCUT2D eigenvalue weighted by atomic mass is 9.96. The van der Waals surface area contributed by atoms with Crippen molar-refractivity contribution in [1.82, 2.24) is 0 Å². The topological polar surface area (TPSA) is 68.2 Å². The zero-order chi connectivity index (χ0) is 16.2. The van der Waals surface area contributed by atoms with E-state index in [9.17, 15) is 10.2 Å². The number of hydrogen-bond donors (Lipinski definition) is 2. The average Bonchev–Trinajstić information content (AvgIpc) is 2.57. The van der Waals surface area contributed by atoms with Crippen molar-refractivity contribution in [1.29, 1.82) is 0 Å². The van der Waals surface area contributed by atoms with E-state index in [0.717, 1.165) is 18.4 Å². The van der Waals surface area contributed by atoms with Crippen LogP contribution in [0.1, 0.15) is 37.4 Å². The van der Waals surface area contributed by atoms with E-state index in [1.807, 2.05) is 12.1 Å². The molecule has 0 spiro atoms. The van der Waals surface area contributed by atoms with Crippen LogP contribution in [0.15, 0.2) is 18.2 Å². The van der Waals surface area contributed by atoms with Crippen LogP contribution in [0.2, 0.25) is 5.02 Å². The highest BCUT2D eigenvalue weighted by atomic mass is 35.5. The minimum Gasteiger partial charge on any atom is -0.489 e. The smallest absolute Gasteiger partial charge is 0.138 e. The van der Waals surface area contributed by atoms with Crippen LogP contribution in [0.25, 0.3) is 0 Å². The lowest BCUT2D eigenvalue weighted by Gasteiger charge is -2.33. The first-order valence-corrected chi connectivity index (χ1v) is 8.51. The molecule has 2 aliphatic heterocycles. The van der Waals surface area contributed by atoms with Gasteiger partial charge >= 0.3 is 0 Å². The monoisotopic (exact) mass is 342 g/mol. The van der Waals surface area contributed by atoms with Gasteiger partial charge in [0, 0.05) is 25.7 Å². The van der Waals surface area contributed by atoms with Crippen molar-refractivity contribution in [2.24, 2.45) is 0 Å². The van der Waals surface area contributed by atoms with Gasteiger partial charge in [-0.3, -0.25) is 0 Å². The van der Waals surface area contributed by atoms with Crippen molar-refractivity contribution in [3.05, 3.63) is 28.8 Å². The molecule has 0 amide bonds. The zero-order valence-corrected chi connectivity index (χ0v) is 13.7. The molecule has 6 heteroatoms. The summed E-state index contributed by atoms with van der Waals surface area (Å²) in [5, 5.41) is 19.8. The van der Waals surface area contributed by atoms with Crippen LogP contribution in [0.3, 0.4) is 0 Å². The molecule has 2 aliphatic rings. The van der Waals surface area contributed by atoms with E-state index in [-0.39, 0.29) is 24.9 Å². The van der Waals surface area contributed by atoms with Gasteiger partial charge in [0.1, 0.15) is 11.9 Å². The molecule has 2 saturated heterocycles. The predicted molar refractivity (Wildman–Crippen MR) is 85.9 cm³/mol. The first-order valence-electron chi connectivity index (χ1n) is 8.14. The maximum Gasteiger partial charge on any atom is 0.138 e. The van der Waals surface area contributed by atoms with Gasteiger partial charge < -0.3 is 24.4 Å². The second-order valence-corrected chi connectivity index (χ2v) is 6.58. The van der Waals surface area contributed by atoms with E-state index in [0.29, 0.717) is 36.8 Å². The molecule has 0 bridgehead atoms. The number of aliphatic hydroxyl groups is 2. The van der Waals surface area contributed by atoms with E-state index in [4.69, 9.17) is 25.8 Å². The molecule has 0 radical (unpaired) electrons. The van der Waals surface area contributed by atoms with E-state index in [2.05, 4.69) is 0 Å². The third-order valence-electron chi connectivity index (χ3n) is 4.37. The van der Waals surface area contributed by atoms with Gasteiger partial charge in [0.25, 0.3) is 0 Å². The average molecular weight is 343 g/mol. The van der Waals surface area contributed by atoms with Crippen molar-refractivity contribution in [3.63, 3.8) is 0 Å². The Morgan fingerprint density at radius 2 is 2.00 bits per heavy atom. The van der Waals surface area contributed by atoms with Gasteiger partial charge in [-0.05, 0) is 17.7 Å². The summed E-state index contributed by atoms with van der Waals surface area (Å²) in [5.74, 6) is 0.639. The molecule has 23 heavy (non-hydrogen) atoms. The highest BCUT2D eigenvalue weighted by molar-refractivity contribution is 6.32. The van der Waals surface area contributed by atoms with Crippen LogP contribution >= 0.6 is 11.6 Å². The van der Waals surface area contributed by atoms with Crippen LogP contribution in [0, 0.1) is 0 Å². The van der Waals surface area contributed by atoms with E-state index < -0.39 is 6.10 Å². The van der Waals surface area contributed by atoms with Gasteiger partial charge in [0.05, 0.1) is 43.2 Å². The summed E-state index contributed by atoms with van der Waals surface area (Å²) in [7, 11) is 0. The van der Waals surface area contributed by atoms with Gasteiger partial charge in [0.2, 0.25) is 0 Å². The molecule has 0 saturated carbocycles. The minimum absolute atomic E-state index is 0.0907. The van der Waals surface area contributed by atoms with Crippen LogP contribution in [-0.4, -0.2) is 48.3 Å². The van der Waals surface area contributed by atoms with Crippen molar-refractivity contribution >= 4 is 11.6 Å². The Kier molecular flexibility index (Phi) is 5.77. The van der Waals surface area contributed by atoms with Crippen molar-refractivity contribution in [2.45, 2.75) is 50.1 Å². The molecule has 3 rings (SSSR count). The number of rotatable bonds is 4. The van der Waals surface area contributed by atoms with Crippen LogP contribution in [-0.2, 0) is 9.47 Å². The van der Waals surface area contributed by atoms with Crippen molar-refractivity contribution in [3.8, 4) is 5.75 Å². The number of benzene rings is 1. The standard InChI is InChI=1S/C17H23ClO5/c18-15-2-1-11(16-9-12(20)8-14(10-19)23-16)7-17(15)22-13-3-5-21-6-4-13/h1-2,7,12-14,16,19-20H,3-6,8-10H2. The molecule has 3 unspecified atom stereocenters. The Labute approximate surface area is 141 Å². The number of hydrogen-bond acceptors (Lipinski definition) is 5. The number of ether oxygens (including phenoxy) is 3. The van der Waals surface area contributed by atoms with Gasteiger partial charge in [-0.1, -0.05) is 17.7 Å². The number of halogens is 1. The Hall–Kier alpha value is -0.850. The van der Waals surface area contributed by atoms with Gasteiger partial charge in [-0.2, -0.15) is 0 Å². The third-order valence-corrected chi connectivity index (χ3v) is 4.68. The first kappa shape index (κ1) is 17.0. The molecule has 2 N–H and O–H groups in total. The summed E-state index contributed by atoms with van der Waals surface area (Å²) in [6.45, 7) is 1.32. The summed E-state index contributed by atoms with van der Waals surface area (Å²) in [6, 6.07) is 5.56. The molecule has 128 valence electrons. The Bertz CT molecular complexity index is 518. The van der Waals surface area contributed by atoms with Crippen molar-refractivity contribution < 1.29 is 24.4 Å². The normalized spacial score (nSPS) is 29.4. The molecule has 3 atom stereocenters. The summed E-state index contributed by atoms with van der Waals surface area (Å²) >= 11 is 6.25. The maximum absolute atomic E-state index is 9.97. The molecular weight excluding hydrogens is 320 g/mol. The van der Waals surface area contributed by atoms with Gasteiger partial charge in [-0.25, -0.2) is 0 Å². The van der Waals surface area contributed by atoms with Crippen LogP contribution in [0.4, 0.5) is 0 Å². The summed E-state index contributed by atoms with van der Waals surface area (Å²) in [5.41, 5.74) is 0.911. The molecule has 0 aliphatic carbocycles. The highest BCUT2D eigenvalue weighted by Gasteiger charge is 2.29. The molecule has 2 fully saturated rings. The van der Waals surface area contributed by atoms with Gasteiger partial charge in [-0.15, -0.1) is 0 Å². The highest BCUT2D eigenvalue weighted by Crippen LogP contribution is 2.36. The first-order chi connectivity index (χ1) is 11.2. The quantitative estimate of drug-likeness (QED) is 0.879. The largest absolute Gasteiger partial charge is 0.489 e. The number of aliphatic hydroxyl groups excluding tert-OH is 2. The van der Waals surface area contributed by atoms with Crippen LogP contribution in [0.5, 0.6) is 5.75 Å². The Balaban J connectivity index is 1.73. The fourth-order valence-electron chi connectivity index (χ4n) is 3.11. The van der Waals surface area contributed by atoms with E-state index in [1.54, 1.807) is 6.07 Å². The van der Waals surface area contributed by atoms with Crippen molar-refractivity contribution in [2.75, 3.05) is 19.8 Å². The fraction of sp³-hybridized carbons (Fsp3) is 0.647. The lowest BCUT2D eigenvalue weighted by Crippen LogP contribution is -2.33. The molecular formula is C17H23ClO5. The minimum atomic E-state index is -0.471. The summed E-state index contributed by atoms with van der Waals surface area (Å²) in [6.07, 6.45) is 1.73. The summed E-state index contributed by atoms with van der Waals surface area (Å²) < 4.78 is 17.2. The molecule has 2 heterocycles. The zero-order valence-electron chi connectivity index (χ0n) is 13.0. The Morgan fingerprint density at radius 1 is 1.22 bits per heavy atom. The Morgan fingerprint density at radius 3 is 2.74 bits per heavy atom. The second kappa shape index (κ2) is 7.81. The fourth-order valence-corrected chi connectivity index (χ4v) is 3.27. The molecule has 1 aromatic rings.